The van der Waals surface area contributed by atoms with Crippen LogP contribution in [0.15, 0.2) is 48.5 Å². The van der Waals surface area contributed by atoms with Crippen LogP contribution in [-0.4, -0.2) is 10.2 Å². The van der Waals surface area contributed by atoms with Crippen molar-refractivity contribution in [3.63, 3.8) is 0 Å². The third kappa shape index (κ3) is 3.59. The molecule has 0 unspecified atom stereocenters. The maximum absolute atomic E-state index is 6.04. The van der Waals surface area contributed by atoms with Crippen LogP contribution in [0, 0.1) is 6.92 Å². The fourth-order valence-electron chi connectivity index (χ4n) is 2.68. The van der Waals surface area contributed by atoms with Crippen molar-refractivity contribution in [2.24, 2.45) is 0 Å². The van der Waals surface area contributed by atoms with Crippen LogP contribution in [0.5, 0.6) is 5.75 Å². The number of nitrogens with zero attached hydrogens (tertiary/aromatic N) is 1. The van der Waals surface area contributed by atoms with Gasteiger partial charge in [-0.1, -0.05) is 38.1 Å². The Morgan fingerprint density at radius 1 is 1.12 bits per heavy atom. The van der Waals surface area contributed by atoms with Crippen molar-refractivity contribution in [3.8, 4) is 17.0 Å². The minimum atomic E-state index is 0.422. The lowest BCUT2D eigenvalue weighted by atomic mass is 10.0. The number of H-pyrrole nitrogens is 1. The number of hydrogen-bond acceptors (Lipinski definition) is 3. The van der Waals surface area contributed by atoms with Gasteiger partial charge < -0.3 is 10.5 Å². The Labute approximate surface area is 142 Å². The Hall–Kier alpha value is -2.75. The number of aromatic amines is 1. The van der Waals surface area contributed by atoms with E-state index in [2.05, 4.69) is 49.2 Å². The van der Waals surface area contributed by atoms with Gasteiger partial charge in [-0.05, 0) is 48.2 Å². The summed E-state index contributed by atoms with van der Waals surface area (Å²) in [7, 11) is 0. The molecule has 0 spiro atoms. The highest BCUT2D eigenvalue weighted by molar-refractivity contribution is 5.64. The number of aryl methyl sites for hydroxylation is 1. The van der Waals surface area contributed by atoms with E-state index in [1.807, 2.05) is 30.3 Å². The highest BCUT2D eigenvalue weighted by Crippen LogP contribution is 2.28. The molecule has 0 radical (unpaired) electrons. The van der Waals surface area contributed by atoms with Gasteiger partial charge in [-0.15, -0.1) is 0 Å². The topological polar surface area (TPSA) is 63.9 Å². The number of benzene rings is 2. The van der Waals surface area contributed by atoms with Crippen molar-refractivity contribution >= 4 is 5.69 Å². The van der Waals surface area contributed by atoms with E-state index in [0.717, 1.165) is 28.4 Å². The van der Waals surface area contributed by atoms with Gasteiger partial charge in [-0.2, -0.15) is 5.10 Å². The summed E-state index contributed by atoms with van der Waals surface area (Å²) in [4.78, 5) is 0. The second kappa shape index (κ2) is 6.79. The van der Waals surface area contributed by atoms with Crippen LogP contribution in [0.1, 0.15) is 36.6 Å². The fourth-order valence-corrected chi connectivity index (χ4v) is 2.68. The largest absolute Gasteiger partial charge is 0.487 e. The quantitative estimate of drug-likeness (QED) is 0.671. The molecule has 1 aromatic heterocycles. The van der Waals surface area contributed by atoms with Crippen molar-refractivity contribution in [2.45, 2.75) is 33.3 Å². The van der Waals surface area contributed by atoms with Gasteiger partial charge in [-0.3, -0.25) is 5.10 Å². The summed E-state index contributed by atoms with van der Waals surface area (Å²) < 4.78 is 6.04. The average Bonchev–Trinajstić information content (AvgIpc) is 3.01. The SMILES string of the molecule is Cc1ccc(C(C)C)c(OCc2cc(-c3cccc(N)c3)n[nH]2)c1. The molecule has 0 bridgehead atoms. The standard InChI is InChI=1S/C20H23N3O/c1-13(2)18-8-7-14(3)9-20(18)24-12-17-11-19(23-22-17)15-5-4-6-16(21)10-15/h4-11,13H,12,21H2,1-3H3,(H,22,23). The molecule has 0 fully saturated rings. The normalized spacial score (nSPS) is 11.0. The molecule has 3 rings (SSSR count). The van der Waals surface area contributed by atoms with E-state index in [1.54, 1.807) is 0 Å². The van der Waals surface area contributed by atoms with Crippen molar-refractivity contribution in [3.05, 3.63) is 65.4 Å². The third-order valence-electron chi connectivity index (χ3n) is 3.99. The molecule has 0 saturated heterocycles. The first-order valence-corrected chi connectivity index (χ1v) is 8.16. The first-order chi connectivity index (χ1) is 11.5. The molecular formula is C20H23N3O. The fraction of sp³-hybridized carbons (Fsp3) is 0.250. The number of hydrogen-bond donors (Lipinski definition) is 2. The van der Waals surface area contributed by atoms with Crippen LogP contribution in [0.25, 0.3) is 11.3 Å². The number of nitrogen functional groups attached to an aromatic ring is 1. The zero-order chi connectivity index (χ0) is 17.1. The van der Waals surface area contributed by atoms with Gasteiger partial charge in [0.1, 0.15) is 12.4 Å². The van der Waals surface area contributed by atoms with E-state index in [0.29, 0.717) is 12.5 Å². The molecule has 0 atom stereocenters. The van der Waals surface area contributed by atoms with Crippen LogP contribution in [0.3, 0.4) is 0 Å². The zero-order valence-corrected chi connectivity index (χ0v) is 14.3. The lowest BCUT2D eigenvalue weighted by molar-refractivity contribution is 0.296. The predicted octanol–water partition coefficient (Wildman–Crippen LogP) is 4.67. The Balaban J connectivity index is 1.76. The first kappa shape index (κ1) is 16.1. The molecular weight excluding hydrogens is 298 g/mol. The lowest BCUT2D eigenvalue weighted by Gasteiger charge is -2.14. The minimum Gasteiger partial charge on any atom is -0.487 e. The van der Waals surface area contributed by atoms with Gasteiger partial charge >= 0.3 is 0 Å². The minimum absolute atomic E-state index is 0.422. The zero-order valence-electron chi connectivity index (χ0n) is 14.3. The van der Waals surface area contributed by atoms with Gasteiger partial charge in [0.15, 0.2) is 0 Å². The molecule has 2 aromatic carbocycles. The monoisotopic (exact) mass is 321 g/mol. The van der Waals surface area contributed by atoms with Gasteiger partial charge in [0.05, 0.1) is 11.4 Å². The van der Waals surface area contributed by atoms with Gasteiger partial charge in [-0.25, -0.2) is 0 Å². The smallest absolute Gasteiger partial charge is 0.130 e. The van der Waals surface area contributed by atoms with Crippen LogP contribution >= 0.6 is 0 Å². The number of nitrogens with two attached hydrogens (primary N) is 1. The maximum Gasteiger partial charge on any atom is 0.130 e. The second-order valence-corrected chi connectivity index (χ2v) is 6.39. The molecule has 4 nitrogen and oxygen atoms in total. The number of anilines is 1. The number of nitrogens with one attached hydrogen (secondary N) is 1. The molecule has 0 aliphatic carbocycles. The van der Waals surface area contributed by atoms with E-state index < -0.39 is 0 Å². The highest BCUT2D eigenvalue weighted by atomic mass is 16.5. The Morgan fingerprint density at radius 2 is 1.96 bits per heavy atom. The van der Waals surface area contributed by atoms with E-state index in [1.165, 1.54) is 11.1 Å². The molecule has 24 heavy (non-hydrogen) atoms. The molecule has 3 N–H and O–H groups in total. The molecule has 1 heterocycles. The van der Waals surface area contributed by atoms with Gasteiger partial charge in [0, 0.05) is 11.3 Å². The van der Waals surface area contributed by atoms with Gasteiger partial charge in [0.2, 0.25) is 0 Å². The first-order valence-electron chi connectivity index (χ1n) is 8.16. The summed E-state index contributed by atoms with van der Waals surface area (Å²) in [6, 6.07) is 16.1. The Morgan fingerprint density at radius 3 is 2.71 bits per heavy atom. The van der Waals surface area contributed by atoms with Crippen LogP contribution in [-0.2, 0) is 6.61 Å². The summed E-state index contributed by atoms with van der Waals surface area (Å²) in [5, 5.41) is 7.40. The summed E-state index contributed by atoms with van der Waals surface area (Å²) >= 11 is 0. The third-order valence-corrected chi connectivity index (χ3v) is 3.99. The molecule has 4 heteroatoms. The number of aromatic nitrogens is 2. The average molecular weight is 321 g/mol. The summed E-state index contributed by atoms with van der Waals surface area (Å²) in [6.07, 6.45) is 0. The maximum atomic E-state index is 6.04. The van der Waals surface area contributed by atoms with Crippen molar-refractivity contribution < 1.29 is 4.74 Å². The molecule has 0 amide bonds. The highest BCUT2D eigenvalue weighted by Gasteiger charge is 2.10. The van der Waals surface area contributed by atoms with E-state index >= 15 is 0 Å². The predicted molar refractivity (Wildman–Crippen MR) is 98.0 cm³/mol. The Kier molecular flexibility index (Phi) is 4.56. The van der Waals surface area contributed by atoms with Crippen LogP contribution < -0.4 is 10.5 Å². The lowest BCUT2D eigenvalue weighted by Crippen LogP contribution is -2.00. The molecule has 0 aliphatic rings. The van der Waals surface area contributed by atoms with Crippen LogP contribution in [0.4, 0.5) is 5.69 Å². The summed E-state index contributed by atoms with van der Waals surface area (Å²) in [5.41, 5.74) is 11.8. The number of rotatable bonds is 5. The van der Waals surface area contributed by atoms with Crippen LogP contribution in [0.2, 0.25) is 0 Å². The molecule has 3 aromatic rings. The van der Waals surface area contributed by atoms with Crippen molar-refractivity contribution in [1.82, 2.24) is 10.2 Å². The molecule has 0 aliphatic heterocycles. The molecule has 0 saturated carbocycles. The van der Waals surface area contributed by atoms with Crippen molar-refractivity contribution in [1.29, 1.82) is 0 Å². The van der Waals surface area contributed by atoms with Gasteiger partial charge in [0.25, 0.3) is 0 Å². The Bertz CT molecular complexity index is 836. The van der Waals surface area contributed by atoms with Crippen molar-refractivity contribution in [2.75, 3.05) is 5.73 Å². The van der Waals surface area contributed by atoms with E-state index in [9.17, 15) is 0 Å². The molecule has 124 valence electrons. The summed E-state index contributed by atoms with van der Waals surface area (Å²) in [6.45, 7) is 6.88. The number of ether oxygens (including phenoxy) is 1. The summed E-state index contributed by atoms with van der Waals surface area (Å²) in [5.74, 6) is 1.36. The van der Waals surface area contributed by atoms with E-state index in [-0.39, 0.29) is 0 Å². The second-order valence-electron chi connectivity index (χ2n) is 6.39. The van der Waals surface area contributed by atoms with E-state index in [4.69, 9.17) is 10.5 Å².